The normalized spacial score (nSPS) is 10.4. The fraction of sp³-hybridized carbons (Fsp3) is 0.400. The minimum absolute atomic E-state index is 0.644. The molecule has 0 atom stereocenters. The molecular formula is C15H19N2O2. The van der Waals surface area contributed by atoms with E-state index in [0.717, 1.165) is 36.5 Å². The van der Waals surface area contributed by atoms with Crippen LogP contribution in [0.15, 0.2) is 30.5 Å². The van der Waals surface area contributed by atoms with Gasteiger partial charge in [0.1, 0.15) is 5.75 Å². The van der Waals surface area contributed by atoms with Gasteiger partial charge in [0.25, 0.3) is 0 Å². The average molecular weight is 259 g/mol. The maximum absolute atomic E-state index is 5.59. The van der Waals surface area contributed by atoms with Crippen LogP contribution in [0.25, 0.3) is 0 Å². The predicted molar refractivity (Wildman–Crippen MR) is 73.5 cm³/mol. The molecule has 0 amide bonds. The number of nitrogens with zero attached hydrogens (tertiary/aromatic N) is 1. The molecule has 0 bridgehead atoms. The van der Waals surface area contributed by atoms with Crippen molar-refractivity contribution in [2.45, 2.75) is 26.2 Å². The number of aromatic amines is 1. The Balaban J connectivity index is 1.65. The molecule has 1 N–H and O–H groups in total. The van der Waals surface area contributed by atoms with Crippen molar-refractivity contribution in [3.63, 3.8) is 0 Å². The standard InChI is InChI=1S/C15H19N2O2/c1-2-18-15-13(12-16-17-15)8-6-7-11-19-14-9-4-3-5-10-14/h3-5,9,12H,2,6-8,11H2,1H3,(H,16,17). The number of H-pyrrole nitrogens is 1. The Morgan fingerprint density at radius 2 is 2.21 bits per heavy atom. The fourth-order valence-corrected chi connectivity index (χ4v) is 1.81. The molecule has 0 saturated heterocycles. The summed E-state index contributed by atoms with van der Waals surface area (Å²) in [6.45, 7) is 3.32. The number of hydrogen-bond donors (Lipinski definition) is 1. The molecule has 0 aliphatic carbocycles. The maximum atomic E-state index is 5.59. The van der Waals surface area contributed by atoms with Crippen LogP contribution in [0.3, 0.4) is 0 Å². The Bertz CT molecular complexity index is 468. The summed E-state index contributed by atoms with van der Waals surface area (Å²) in [5, 5.41) is 6.91. The highest BCUT2D eigenvalue weighted by molar-refractivity contribution is 5.22. The van der Waals surface area contributed by atoms with E-state index in [1.54, 1.807) is 0 Å². The number of nitrogens with one attached hydrogen (secondary N) is 1. The van der Waals surface area contributed by atoms with Crippen LogP contribution in [-0.4, -0.2) is 23.4 Å². The van der Waals surface area contributed by atoms with E-state index in [9.17, 15) is 0 Å². The Morgan fingerprint density at radius 1 is 1.26 bits per heavy atom. The maximum Gasteiger partial charge on any atom is 0.235 e. The lowest BCUT2D eigenvalue weighted by atomic mass is 10.1. The smallest absolute Gasteiger partial charge is 0.235 e. The molecule has 0 aliphatic rings. The minimum atomic E-state index is 0.644. The molecule has 4 nitrogen and oxygen atoms in total. The minimum Gasteiger partial charge on any atom is -0.493 e. The molecule has 19 heavy (non-hydrogen) atoms. The molecule has 1 aromatic carbocycles. The zero-order valence-electron chi connectivity index (χ0n) is 11.2. The number of para-hydroxylation sites is 1. The summed E-state index contributed by atoms with van der Waals surface area (Å²) >= 11 is 0. The van der Waals surface area contributed by atoms with Gasteiger partial charge in [-0.05, 0) is 32.3 Å². The van der Waals surface area contributed by atoms with Gasteiger partial charge in [-0.25, -0.2) is 0 Å². The first-order valence-corrected chi connectivity index (χ1v) is 6.65. The van der Waals surface area contributed by atoms with Crippen LogP contribution in [0.1, 0.15) is 25.3 Å². The highest BCUT2D eigenvalue weighted by atomic mass is 16.5. The zero-order valence-corrected chi connectivity index (χ0v) is 11.2. The van der Waals surface area contributed by atoms with Gasteiger partial charge in [-0.3, -0.25) is 5.10 Å². The first-order valence-electron chi connectivity index (χ1n) is 6.65. The molecule has 0 aliphatic heterocycles. The molecule has 1 radical (unpaired) electrons. The van der Waals surface area contributed by atoms with Gasteiger partial charge in [-0.15, -0.1) is 5.10 Å². The van der Waals surface area contributed by atoms with E-state index in [1.165, 1.54) is 0 Å². The van der Waals surface area contributed by atoms with Crippen molar-refractivity contribution in [3.8, 4) is 11.6 Å². The van der Waals surface area contributed by atoms with Crippen molar-refractivity contribution < 1.29 is 9.47 Å². The Labute approximate surface area is 113 Å². The molecule has 2 rings (SSSR count). The van der Waals surface area contributed by atoms with Crippen LogP contribution in [-0.2, 0) is 6.42 Å². The first-order chi connectivity index (χ1) is 9.40. The molecule has 1 heterocycles. The van der Waals surface area contributed by atoms with Gasteiger partial charge in [0, 0.05) is 17.8 Å². The number of rotatable bonds is 8. The lowest BCUT2D eigenvalue weighted by Crippen LogP contribution is -1.99. The van der Waals surface area contributed by atoms with Crippen LogP contribution in [0.5, 0.6) is 11.6 Å². The Hall–Kier alpha value is -1.97. The van der Waals surface area contributed by atoms with Gasteiger partial charge in [-0.1, -0.05) is 18.2 Å². The van der Waals surface area contributed by atoms with Crippen molar-refractivity contribution in [2.75, 3.05) is 13.2 Å². The fourth-order valence-electron chi connectivity index (χ4n) is 1.81. The molecular weight excluding hydrogens is 240 g/mol. The van der Waals surface area contributed by atoms with Crippen molar-refractivity contribution in [2.24, 2.45) is 0 Å². The van der Waals surface area contributed by atoms with E-state index in [-0.39, 0.29) is 0 Å². The number of benzene rings is 1. The molecule has 1 aromatic heterocycles. The van der Waals surface area contributed by atoms with Gasteiger partial charge in [0.2, 0.25) is 5.88 Å². The molecule has 0 unspecified atom stereocenters. The van der Waals surface area contributed by atoms with Crippen molar-refractivity contribution >= 4 is 0 Å². The van der Waals surface area contributed by atoms with Crippen molar-refractivity contribution in [1.82, 2.24) is 10.2 Å². The third-order valence-corrected chi connectivity index (χ3v) is 2.74. The lowest BCUT2D eigenvalue weighted by Gasteiger charge is -2.05. The molecule has 0 spiro atoms. The highest BCUT2D eigenvalue weighted by Crippen LogP contribution is 2.16. The quantitative estimate of drug-likeness (QED) is 0.741. The van der Waals surface area contributed by atoms with Gasteiger partial charge in [-0.2, -0.15) is 0 Å². The number of ether oxygens (including phenoxy) is 2. The number of hydrogen-bond acceptors (Lipinski definition) is 3. The molecule has 101 valence electrons. The van der Waals surface area contributed by atoms with Crippen LogP contribution < -0.4 is 9.47 Å². The number of aryl methyl sites for hydroxylation is 1. The van der Waals surface area contributed by atoms with E-state index in [0.29, 0.717) is 13.2 Å². The summed E-state index contributed by atoms with van der Waals surface area (Å²) < 4.78 is 11.0. The Morgan fingerprint density at radius 3 is 3.00 bits per heavy atom. The van der Waals surface area contributed by atoms with E-state index in [1.807, 2.05) is 37.4 Å². The average Bonchev–Trinajstić information content (AvgIpc) is 2.88. The summed E-state index contributed by atoms with van der Waals surface area (Å²) in [6.07, 6.45) is 4.90. The van der Waals surface area contributed by atoms with Crippen LogP contribution >= 0.6 is 0 Å². The van der Waals surface area contributed by atoms with Gasteiger partial charge < -0.3 is 9.47 Å². The van der Waals surface area contributed by atoms with E-state index < -0.39 is 0 Å². The molecule has 0 fully saturated rings. The highest BCUT2D eigenvalue weighted by Gasteiger charge is 2.05. The number of unbranched alkanes of at least 4 members (excludes halogenated alkanes) is 1. The Kier molecular flexibility index (Phi) is 5.29. The second-order valence-electron chi connectivity index (χ2n) is 4.18. The molecule has 2 aromatic rings. The third-order valence-electron chi connectivity index (χ3n) is 2.74. The SMILES string of the molecule is CCOc1n[nH]cc1CCCCOc1[c]cccc1. The second kappa shape index (κ2) is 7.46. The summed E-state index contributed by atoms with van der Waals surface area (Å²) in [6, 6.07) is 10.7. The summed E-state index contributed by atoms with van der Waals surface area (Å²) in [5.74, 6) is 1.53. The topological polar surface area (TPSA) is 47.1 Å². The molecule has 4 heteroatoms. The summed E-state index contributed by atoms with van der Waals surface area (Å²) in [7, 11) is 0. The first kappa shape index (κ1) is 13.5. The van der Waals surface area contributed by atoms with Crippen molar-refractivity contribution in [3.05, 3.63) is 42.1 Å². The predicted octanol–water partition coefficient (Wildman–Crippen LogP) is 3.01. The zero-order chi connectivity index (χ0) is 13.3. The van der Waals surface area contributed by atoms with E-state index in [2.05, 4.69) is 16.3 Å². The summed E-state index contributed by atoms with van der Waals surface area (Å²) in [4.78, 5) is 0. The van der Waals surface area contributed by atoms with Crippen LogP contribution in [0.2, 0.25) is 0 Å². The van der Waals surface area contributed by atoms with Crippen LogP contribution in [0.4, 0.5) is 0 Å². The third kappa shape index (κ3) is 4.32. The van der Waals surface area contributed by atoms with Crippen LogP contribution in [0, 0.1) is 6.07 Å². The van der Waals surface area contributed by atoms with E-state index in [4.69, 9.17) is 9.47 Å². The largest absolute Gasteiger partial charge is 0.493 e. The second-order valence-corrected chi connectivity index (χ2v) is 4.18. The monoisotopic (exact) mass is 259 g/mol. The van der Waals surface area contributed by atoms with Gasteiger partial charge >= 0.3 is 0 Å². The molecule has 0 saturated carbocycles. The van der Waals surface area contributed by atoms with Crippen molar-refractivity contribution in [1.29, 1.82) is 0 Å². The van der Waals surface area contributed by atoms with Gasteiger partial charge in [0.05, 0.1) is 13.2 Å². The van der Waals surface area contributed by atoms with E-state index >= 15 is 0 Å². The lowest BCUT2D eigenvalue weighted by molar-refractivity contribution is 0.304. The summed E-state index contributed by atoms with van der Waals surface area (Å²) in [5.41, 5.74) is 1.13. The number of aromatic nitrogens is 2. The van der Waals surface area contributed by atoms with Gasteiger partial charge in [0.15, 0.2) is 0 Å².